The van der Waals surface area contributed by atoms with Crippen LogP contribution in [0.15, 0.2) is 72.8 Å². The normalized spacial score (nSPS) is 11.0. The third-order valence-electron chi connectivity index (χ3n) is 9.10. The molecule has 0 spiro atoms. The monoisotopic (exact) mass is 934 g/mol. The number of hydrogen-bond donors (Lipinski definition) is 0. The van der Waals surface area contributed by atoms with Crippen LogP contribution in [0, 0.1) is 118 Å². The second kappa shape index (κ2) is 17.7. The Hall–Kier alpha value is -8.26. The molecule has 4 nitrogen and oxygen atoms in total. The SMILES string of the molecule is C#Cc1cccc(Oc2c(F)c(F)c(-c3c(F)c(F)c(Oc4ccc(Oc5c(F)c(F)c(-c6c(F)c(F)c(Oc7cccc(C#C)c7)c(F)c6F)c(F)c5F)cc4)c(F)c3F)c(F)c2F)c1. The Kier molecular flexibility index (Phi) is 12.3. The van der Waals surface area contributed by atoms with Crippen LogP contribution in [0.3, 0.4) is 0 Å². The van der Waals surface area contributed by atoms with Crippen molar-refractivity contribution in [2.24, 2.45) is 0 Å². The molecule has 7 aromatic rings. The summed E-state index contributed by atoms with van der Waals surface area (Å²) in [6.07, 6.45) is 10.4. The summed E-state index contributed by atoms with van der Waals surface area (Å²) < 4.78 is 262. The van der Waals surface area contributed by atoms with Crippen LogP contribution >= 0.6 is 0 Å². The maximum Gasteiger partial charge on any atom is 0.205 e. The Morgan fingerprint density at radius 1 is 0.273 bits per heavy atom. The average molecular weight is 935 g/mol. The van der Waals surface area contributed by atoms with E-state index in [0.29, 0.717) is 24.3 Å². The topological polar surface area (TPSA) is 36.9 Å². The van der Waals surface area contributed by atoms with E-state index in [2.05, 4.69) is 11.8 Å². The Labute approximate surface area is 358 Å². The largest absolute Gasteiger partial charge is 0.451 e. The molecule has 0 aliphatic heterocycles. The molecule has 0 amide bonds. The van der Waals surface area contributed by atoms with E-state index < -0.39 is 161 Å². The second-order valence-corrected chi connectivity index (χ2v) is 13.1. The highest BCUT2D eigenvalue weighted by Crippen LogP contribution is 2.46. The summed E-state index contributed by atoms with van der Waals surface area (Å²) in [7, 11) is 0. The molecule has 7 rings (SSSR count). The van der Waals surface area contributed by atoms with Crippen molar-refractivity contribution in [1.29, 1.82) is 0 Å². The van der Waals surface area contributed by atoms with E-state index in [1.807, 2.05) is 0 Å². The number of terminal acetylenes is 2. The zero-order valence-corrected chi connectivity index (χ0v) is 31.8. The van der Waals surface area contributed by atoms with Crippen LogP contribution in [0.4, 0.5) is 70.2 Å². The molecule has 0 unspecified atom stereocenters. The summed E-state index contributed by atoms with van der Waals surface area (Å²) in [5, 5.41) is 0. The minimum atomic E-state index is -2.64. The molecular weight excluding hydrogens is 920 g/mol. The summed E-state index contributed by atoms with van der Waals surface area (Å²) in [5.74, 6) is -46.3. The fraction of sp³-hybridized carbons (Fsp3) is 0. The van der Waals surface area contributed by atoms with E-state index in [0.717, 1.165) is 24.3 Å². The molecule has 0 N–H and O–H groups in total. The van der Waals surface area contributed by atoms with Crippen LogP contribution < -0.4 is 18.9 Å². The molecule has 0 saturated carbocycles. The van der Waals surface area contributed by atoms with Crippen molar-refractivity contribution >= 4 is 0 Å². The first kappa shape index (κ1) is 45.8. The predicted octanol–water partition coefficient (Wildman–Crippen LogP) is 14.4. The van der Waals surface area contributed by atoms with Crippen molar-refractivity contribution in [2.75, 3.05) is 0 Å². The van der Waals surface area contributed by atoms with Gasteiger partial charge in [0.25, 0.3) is 0 Å². The van der Waals surface area contributed by atoms with Gasteiger partial charge in [-0.3, -0.25) is 0 Å². The van der Waals surface area contributed by atoms with E-state index in [-0.39, 0.29) is 11.1 Å². The average Bonchev–Trinajstić information content (AvgIpc) is 3.32. The Morgan fingerprint density at radius 3 is 0.697 bits per heavy atom. The van der Waals surface area contributed by atoms with Crippen LogP contribution in [0.25, 0.3) is 22.3 Å². The molecule has 0 bridgehead atoms. The van der Waals surface area contributed by atoms with Crippen molar-refractivity contribution in [3.05, 3.63) is 177 Å². The maximum absolute atomic E-state index is 15.3. The number of benzene rings is 7. The van der Waals surface area contributed by atoms with E-state index in [1.165, 1.54) is 24.3 Å². The van der Waals surface area contributed by atoms with E-state index in [4.69, 9.17) is 31.8 Å². The van der Waals surface area contributed by atoms with Gasteiger partial charge in [0.2, 0.25) is 69.5 Å². The molecular formula is C46H14F16O4. The van der Waals surface area contributed by atoms with Gasteiger partial charge in [-0.15, -0.1) is 12.8 Å². The molecule has 0 aliphatic carbocycles. The molecule has 66 heavy (non-hydrogen) atoms. The molecule has 7 aromatic carbocycles. The van der Waals surface area contributed by atoms with Crippen molar-refractivity contribution in [2.45, 2.75) is 0 Å². The lowest BCUT2D eigenvalue weighted by Crippen LogP contribution is -2.09. The summed E-state index contributed by atoms with van der Waals surface area (Å²) in [4.78, 5) is 0. The van der Waals surface area contributed by atoms with Gasteiger partial charge in [-0.2, -0.15) is 35.1 Å². The van der Waals surface area contributed by atoms with Gasteiger partial charge in [-0.25, -0.2) is 35.1 Å². The van der Waals surface area contributed by atoms with Crippen LogP contribution in [0.5, 0.6) is 46.0 Å². The smallest absolute Gasteiger partial charge is 0.205 e. The standard InChI is InChI=1S/C46H14F16O4/c1-3-17-7-5-9-21(15-17)65-45-39(59)31(51)25(32(52)40(45)60)23-27(47)35(55)43(36(56)28(23)48)63-19-11-13-20(14-12-19)64-44-37(57)29(49)24(30(50)38(44)58)26-33(53)41(61)46(42(62)34(26)54)66-22-10-6-8-18(4-2)16-22/h1-2,5-16H. The van der Waals surface area contributed by atoms with Crippen molar-refractivity contribution in [3.63, 3.8) is 0 Å². The summed E-state index contributed by atoms with van der Waals surface area (Å²) in [5.41, 5.74) is -8.89. The highest BCUT2D eigenvalue weighted by Gasteiger charge is 2.38. The van der Waals surface area contributed by atoms with Crippen molar-refractivity contribution in [3.8, 4) is 92.9 Å². The quantitative estimate of drug-likeness (QED) is 0.0778. The molecule has 0 heterocycles. The van der Waals surface area contributed by atoms with Crippen LogP contribution in [0.1, 0.15) is 11.1 Å². The molecule has 0 aromatic heterocycles. The first-order valence-electron chi connectivity index (χ1n) is 17.7. The highest BCUT2D eigenvalue weighted by atomic mass is 19.2. The lowest BCUT2D eigenvalue weighted by Gasteiger charge is -2.17. The van der Waals surface area contributed by atoms with Gasteiger partial charge in [0, 0.05) is 11.1 Å². The first-order valence-corrected chi connectivity index (χ1v) is 17.7. The third-order valence-corrected chi connectivity index (χ3v) is 9.10. The predicted molar refractivity (Wildman–Crippen MR) is 199 cm³/mol. The zero-order valence-electron chi connectivity index (χ0n) is 31.8. The number of ether oxygens (including phenoxy) is 4. The lowest BCUT2D eigenvalue weighted by molar-refractivity contribution is 0.357. The minimum absolute atomic E-state index is 0.0877. The van der Waals surface area contributed by atoms with Gasteiger partial charge < -0.3 is 18.9 Å². The van der Waals surface area contributed by atoms with Gasteiger partial charge in [0.15, 0.2) is 46.5 Å². The fourth-order valence-corrected chi connectivity index (χ4v) is 6.03. The van der Waals surface area contributed by atoms with E-state index >= 15 is 70.2 Å². The fourth-order valence-electron chi connectivity index (χ4n) is 6.03. The first-order chi connectivity index (χ1) is 31.3. The highest BCUT2D eigenvalue weighted by molar-refractivity contribution is 5.71. The van der Waals surface area contributed by atoms with Gasteiger partial charge in [0.1, 0.15) is 23.0 Å². The van der Waals surface area contributed by atoms with E-state index in [9.17, 15) is 0 Å². The molecule has 0 atom stereocenters. The molecule has 0 fully saturated rings. The molecule has 20 heteroatoms. The molecule has 0 radical (unpaired) electrons. The Balaban J connectivity index is 1.16. The van der Waals surface area contributed by atoms with Crippen LogP contribution in [0.2, 0.25) is 0 Å². The van der Waals surface area contributed by atoms with Crippen molar-refractivity contribution in [1.82, 2.24) is 0 Å². The van der Waals surface area contributed by atoms with Gasteiger partial charge in [-0.1, -0.05) is 24.0 Å². The van der Waals surface area contributed by atoms with E-state index in [1.54, 1.807) is 0 Å². The number of hydrogen-bond acceptors (Lipinski definition) is 4. The number of halogens is 16. The summed E-state index contributed by atoms with van der Waals surface area (Å²) in [6, 6.07) is 11.6. The minimum Gasteiger partial charge on any atom is -0.451 e. The van der Waals surface area contributed by atoms with Crippen LogP contribution in [-0.4, -0.2) is 0 Å². The molecule has 334 valence electrons. The van der Waals surface area contributed by atoms with Gasteiger partial charge >= 0.3 is 0 Å². The molecule has 0 aliphatic rings. The Bertz CT molecular complexity index is 2920. The lowest BCUT2D eigenvalue weighted by atomic mass is 10.0. The number of rotatable bonds is 10. The third kappa shape index (κ3) is 7.86. The maximum atomic E-state index is 15.3. The molecule has 0 saturated heterocycles. The Morgan fingerprint density at radius 2 is 0.485 bits per heavy atom. The van der Waals surface area contributed by atoms with Gasteiger partial charge in [0.05, 0.1) is 22.3 Å². The van der Waals surface area contributed by atoms with Crippen molar-refractivity contribution < 1.29 is 89.2 Å². The zero-order chi connectivity index (χ0) is 48.0. The van der Waals surface area contributed by atoms with Gasteiger partial charge in [-0.05, 0) is 60.7 Å². The second-order valence-electron chi connectivity index (χ2n) is 13.1. The van der Waals surface area contributed by atoms with Crippen LogP contribution in [-0.2, 0) is 0 Å². The summed E-state index contributed by atoms with van der Waals surface area (Å²) >= 11 is 0. The summed E-state index contributed by atoms with van der Waals surface area (Å²) in [6.45, 7) is 0.